The van der Waals surface area contributed by atoms with Gasteiger partial charge in [0, 0.05) is 11.1 Å². The maximum atomic E-state index is 13.0. The number of thioether (sulfide) groups is 1. The van der Waals surface area contributed by atoms with Gasteiger partial charge in [-0.25, -0.2) is 4.39 Å². The smallest absolute Gasteiger partial charge is 0.258 e. The van der Waals surface area contributed by atoms with E-state index in [9.17, 15) is 9.18 Å². The molecule has 1 heterocycles. The van der Waals surface area contributed by atoms with Gasteiger partial charge in [-0.15, -0.1) is 11.8 Å². The lowest BCUT2D eigenvalue weighted by Gasteiger charge is -2.07. The normalized spacial score (nSPS) is 10.8. The van der Waals surface area contributed by atoms with Gasteiger partial charge in [0.1, 0.15) is 10.8 Å². The standard InChI is InChI=1S/C18H14Cl2FN3OS/c1-26-13-6-7-15(19)14(8-13)18(25)22-17-16(20)10-24(23-17)9-11-2-4-12(21)5-3-11/h2-8,10H,9H2,1H3,(H,22,23,25). The Morgan fingerprint density at radius 1 is 1.19 bits per heavy atom. The van der Waals surface area contributed by atoms with Crippen molar-refractivity contribution < 1.29 is 9.18 Å². The van der Waals surface area contributed by atoms with Crippen LogP contribution in [0.2, 0.25) is 10.0 Å². The van der Waals surface area contributed by atoms with Gasteiger partial charge in [-0.3, -0.25) is 9.48 Å². The SMILES string of the molecule is CSc1ccc(Cl)c(C(=O)Nc2nn(Cc3ccc(F)cc3)cc2Cl)c1. The molecule has 26 heavy (non-hydrogen) atoms. The van der Waals surface area contributed by atoms with Crippen LogP contribution in [0.1, 0.15) is 15.9 Å². The Hall–Kier alpha value is -2.02. The van der Waals surface area contributed by atoms with Crippen LogP contribution in [-0.4, -0.2) is 21.9 Å². The highest BCUT2D eigenvalue weighted by atomic mass is 35.5. The first-order valence-corrected chi connectivity index (χ1v) is 9.56. The van der Waals surface area contributed by atoms with Crippen LogP contribution < -0.4 is 5.32 Å². The first kappa shape index (κ1) is 18.8. The van der Waals surface area contributed by atoms with Crippen molar-refractivity contribution in [1.82, 2.24) is 9.78 Å². The largest absolute Gasteiger partial charge is 0.304 e. The van der Waals surface area contributed by atoms with Crippen molar-refractivity contribution in [3.8, 4) is 0 Å². The van der Waals surface area contributed by atoms with Gasteiger partial charge in [0.2, 0.25) is 0 Å². The maximum absolute atomic E-state index is 13.0. The molecule has 0 spiro atoms. The van der Waals surface area contributed by atoms with Crippen LogP contribution in [-0.2, 0) is 6.54 Å². The molecule has 0 aliphatic heterocycles. The molecule has 0 unspecified atom stereocenters. The van der Waals surface area contributed by atoms with E-state index in [1.165, 1.54) is 23.9 Å². The molecule has 0 bridgehead atoms. The fourth-order valence-corrected chi connectivity index (χ4v) is 3.16. The average Bonchev–Trinajstić information content (AvgIpc) is 2.96. The summed E-state index contributed by atoms with van der Waals surface area (Å²) >= 11 is 13.8. The highest BCUT2D eigenvalue weighted by molar-refractivity contribution is 7.98. The lowest BCUT2D eigenvalue weighted by Crippen LogP contribution is -2.14. The zero-order valence-electron chi connectivity index (χ0n) is 13.7. The number of anilines is 1. The van der Waals surface area contributed by atoms with E-state index in [1.807, 2.05) is 12.3 Å². The van der Waals surface area contributed by atoms with E-state index in [1.54, 1.807) is 35.1 Å². The molecular weight excluding hydrogens is 396 g/mol. The Kier molecular flexibility index (Phi) is 5.86. The fourth-order valence-electron chi connectivity index (χ4n) is 2.32. The molecule has 3 aromatic rings. The summed E-state index contributed by atoms with van der Waals surface area (Å²) < 4.78 is 14.6. The highest BCUT2D eigenvalue weighted by Crippen LogP contribution is 2.25. The molecular formula is C18H14Cl2FN3OS. The van der Waals surface area contributed by atoms with E-state index in [-0.39, 0.29) is 17.5 Å². The molecule has 1 aromatic heterocycles. The van der Waals surface area contributed by atoms with E-state index >= 15 is 0 Å². The zero-order chi connectivity index (χ0) is 18.7. The molecule has 2 aromatic carbocycles. The second kappa shape index (κ2) is 8.12. The summed E-state index contributed by atoms with van der Waals surface area (Å²) in [4.78, 5) is 13.4. The van der Waals surface area contributed by atoms with Crippen molar-refractivity contribution in [2.45, 2.75) is 11.4 Å². The van der Waals surface area contributed by atoms with Crippen LogP contribution in [0.4, 0.5) is 10.2 Å². The Bertz CT molecular complexity index is 944. The molecule has 4 nitrogen and oxygen atoms in total. The van der Waals surface area contributed by atoms with Crippen molar-refractivity contribution >= 4 is 46.7 Å². The molecule has 134 valence electrons. The van der Waals surface area contributed by atoms with E-state index in [0.717, 1.165) is 10.5 Å². The highest BCUT2D eigenvalue weighted by Gasteiger charge is 2.15. The van der Waals surface area contributed by atoms with Crippen molar-refractivity contribution in [2.24, 2.45) is 0 Å². The van der Waals surface area contributed by atoms with E-state index in [0.29, 0.717) is 22.2 Å². The van der Waals surface area contributed by atoms with Gasteiger partial charge < -0.3 is 5.32 Å². The van der Waals surface area contributed by atoms with Crippen LogP contribution in [0.15, 0.2) is 53.6 Å². The Morgan fingerprint density at radius 3 is 2.62 bits per heavy atom. The minimum atomic E-state index is -0.389. The van der Waals surface area contributed by atoms with Crippen molar-refractivity contribution in [1.29, 1.82) is 0 Å². The maximum Gasteiger partial charge on any atom is 0.258 e. The van der Waals surface area contributed by atoms with Gasteiger partial charge in [-0.2, -0.15) is 5.10 Å². The first-order chi connectivity index (χ1) is 12.5. The van der Waals surface area contributed by atoms with Gasteiger partial charge in [0.25, 0.3) is 5.91 Å². The van der Waals surface area contributed by atoms with Crippen LogP contribution in [0, 0.1) is 5.82 Å². The molecule has 0 saturated heterocycles. The second-order valence-corrected chi connectivity index (χ2v) is 7.14. The summed E-state index contributed by atoms with van der Waals surface area (Å²) in [7, 11) is 0. The predicted octanol–water partition coefficient (Wildman–Crippen LogP) is 5.35. The molecule has 0 aliphatic carbocycles. The molecule has 8 heteroatoms. The number of nitrogens with zero attached hydrogens (tertiary/aromatic N) is 2. The molecule has 0 aliphatic rings. The third kappa shape index (κ3) is 4.38. The topological polar surface area (TPSA) is 46.9 Å². The summed E-state index contributed by atoms with van der Waals surface area (Å²) in [6.07, 6.45) is 3.51. The summed E-state index contributed by atoms with van der Waals surface area (Å²) in [5.74, 6) is -0.450. The van der Waals surface area contributed by atoms with E-state index in [2.05, 4.69) is 10.4 Å². The Balaban J connectivity index is 1.77. The van der Waals surface area contributed by atoms with Crippen molar-refractivity contribution in [3.05, 3.63) is 75.7 Å². The number of benzene rings is 2. The minimum Gasteiger partial charge on any atom is -0.304 e. The fraction of sp³-hybridized carbons (Fsp3) is 0.111. The zero-order valence-corrected chi connectivity index (χ0v) is 16.0. The van der Waals surface area contributed by atoms with Gasteiger partial charge >= 0.3 is 0 Å². The lowest BCUT2D eigenvalue weighted by atomic mass is 10.2. The van der Waals surface area contributed by atoms with Crippen molar-refractivity contribution in [3.63, 3.8) is 0 Å². The molecule has 1 amide bonds. The third-order valence-electron chi connectivity index (χ3n) is 3.62. The molecule has 0 fully saturated rings. The van der Waals surface area contributed by atoms with Crippen LogP contribution in [0.25, 0.3) is 0 Å². The number of halogens is 3. The van der Waals surface area contributed by atoms with E-state index < -0.39 is 0 Å². The Morgan fingerprint density at radius 2 is 1.92 bits per heavy atom. The van der Waals surface area contributed by atoms with Gasteiger partial charge in [-0.05, 0) is 42.2 Å². The average molecular weight is 410 g/mol. The number of hydrogen-bond donors (Lipinski definition) is 1. The molecule has 0 atom stereocenters. The number of rotatable bonds is 5. The first-order valence-electron chi connectivity index (χ1n) is 7.58. The minimum absolute atomic E-state index is 0.240. The number of hydrogen-bond acceptors (Lipinski definition) is 3. The predicted molar refractivity (Wildman–Crippen MR) is 104 cm³/mol. The number of nitrogens with one attached hydrogen (secondary N) is 1. The number of carbonyl (C=O) groups excluding carboxylic acids is 1. The van der Waals surface area contributed by atoms with Crippen LogP contribution in [0.3, 0.4) is 0 Å². The monoisotopic (exact) mass is 409 g/mol. The Labute approximate surface area is 164 Å². The number of aromatic nitrogens is 2. The quantitative estimate of drug-likeness (QED) is 0.577. The van der Waals surface area contributed by atoms with Crippen molar-refractivity contribution in [2.75, 3.05) is 11.6 Å². The second-order valence-electron chi connectivity index (χ2n) is 5.45. The van der Waals surface area contributed by atoms with Crippen LogP contribution >= 0.6 is 35.0 Å². The molecule has 1 N–H and O–H groups in total. The van der Waals surface area contributed by atoms with Gasteiger partial charge in [0.15, 0.2) is 5.82 Å². The number of amides is 1. The third-order valence-corrected chi connectivity index (χ3v) is 4.96. The molecule has 3 rings (SSSR count). The summed E-state index contributed by atoms with van der Waals surface area (Å²) in [5, 5.41) is 7.61. The van der Waals surface area contributed by atoms with E-state index in [4.69, 9.17) is 23.2 Å². The molecule has 0 radical (unpaired) electrons. The van der Waals surface area contributed by atoms with Crippen LogP contribution in [0.5, 0.6) is 0 Å². The lowest BCUT2D eigenvalue weighted by molar-refractivity contribution is 0.102. The summed E-state index contributed by atoms with van der Waals surface area (Å²) in [6, 6.07) is 11.3. The number of carbonyl (C=O) groups is 1. The van der Waals surface area contributed by atoms with Gasteiger partial charge in [-0.1, -0.05) is 35.3 Å². The molecule has 0 saturated carbocycles. The summed E-state index contributed by atoms with van der Waals surface area (Å²) in [5.41, 5.74) is 1.21. The van der Waals surface area contributed by atoms with Gasteiger partial charge in [0.05, 0.1) is 17.1 Å². The summed E-state index contributed by atoms with van der Waals surface area (Å²) in [6.45, 7) is 0.401.